The lowest BCUT2D eigenvalue weighted by Gasteiger charge is -2.11. The molecule has 0 atom stereocenters. The Morgan fingerprint density at radius 2 is 2.05 bits per heavy atom. The molecule has 0 aliphatic rings. The van der Waals surface area contributed by atoms with E-state index in [0.29, 0.717) is 6.54 Å². The van der Waals surface area contributed by atoms with E-state index in [1.807, 2.05) is 0 Å². The zero-order chi connectivity index (χ0) is 13.9. The maximum absolute atomic E-state index is 12.2. The molecule has 0 bridgehead atoms. The van der Waals surface area contributed by atoms with Gasteiger partial charge in [0, 0.05) is 31.0 Å². The molecule has 108 valence electrons. The molecule has 1 aromatic rings. The van der Waals surface area contributed by atoms with Crippen molar-refractivity contribution in [2.45, 2.75) is 19.6 Å². The maximum Gasteiger partial charge on any atom is 0.387 e. The van der Waals surface area contributed by atoms with Crippen molar-refractivity contribution in [2.75, 3.05) is 24.7 Å². The Balaban J connectivity index is 2.25. The molecule has 0 radical (unpaired) electrons. The summed E-state index contributed by atoms with van der Waals surface area (Å²) in [5, 5.41) is 11.8. The van der Waals surface area contributed by atoms with Crippen LogP contribution in [0.15, 0.2) is 24.3 Å². The molecule has 0 aliphatic carbocycles. The monoisotopic (exact) mass is 291 g/mol. The average molecular weight is 291 g/mol. The van der Waals surface area contributed by atoms with Crippen LogP contribution in [0.25, 0.3) is 0 Å². The summed E-state index contributed by atoms with van der Waals surface area (Å²) >= 11 is 1.75. The molecule has 0 heterocycles. The SMILES string of the molecule is OCCCSCCNCc1ccccc1OC(F)F. The van der Waals surface area contributed by atoms with Crippen LogP contribution in [0.1, 0.15) is 12.0 Å². The van der Waals surface area contributed by atoms with E-state index < -0.39 is 6.61 Å². The highest BCUT2D eigenvalue weighted by molar-refractivity contribution is 7.99. The Morgan fingerprint density at radius 3 is 2.79 bits per heavy atom. The number of benzene rings is 1. The van der Waals surface area contributed by atoms with Crippen LogP contribution < -0.4 is 10.1 Å². The van der Waals surface area contributed by atoms with Crippen molar-refractivity contribution < 1.29 is 18.6 Å². The third kappa shape index (κ3) is 7.34. The molecule has 0 unspecified atom stereocenters. The highest BCUT2D eigenvalue weighted by Gasteiger charge is 2.08. The van der Waals surface area contributed by atoms with E-state index in [9.17, 15) is 8.78 Å². The number of hydrogen-bond acceptors (Lipinski definition) is 4. The molecule has 1 aromatic carbocycles. The number of rotatable bonds is 10. The van der Waals surface area contributed by atoms with Gasteiger partial charge >= 0.3 is 6.61 Å². The van der Waals surface area contributed by atoms with Crippen LogP contribution in [0, 0.1) is 0 Å². The molecule has 2 N–H and O–H groups in total. The van der Waals surface area contributed by atoms with Crippen LogP contribution >= 0.6 is 11.8 Å². The lowest BCUT2D eigenvalue weighted by molar-refractivity contribution is -0.0504. The third-order valence-corrected chi connectivity index (χ3v) is 3.44. The van der Waals surface area contributed by atoms with Gasteiger partial charge in [-0.2, -0.15) is 20.5 Å². The van der Waals surface area contributed by atoms with E-state index in [0.717, 1.165) is 30.0 Å². The van der Waals surface area contributed by atoms with Crippen molar-refractivity contribution in [3.05, 3.63) is 29.8 Å². The van der Waals surface area contributed by atoms with Crippen molar-refractivity contribution in [2.24, 2.45) is 0 Å². The predicted molar refractivity (Wildman–Crippen MR) is 73.8 cm³/mol. The smallest absolute Gasteiger partial charge is 0.387 e. The summed E-state index contributed by atoms with van der Waals surface area (Å²) in [6.07, 6.45) is 0.801. The summed E-state index contributed by atoms with van der Waals surface area (Å²) in [6, 6.07) is 6.78. The Morgan fingerprint density at radius 1 is 1.26 bits per heavy atom. The first kappa shape index (κ1) is 16.2. The second-order valence-electron chi connectivity index (χ2n) is 3.85. The minimum atomic E-state index is -2.80. The van der Waals surface area contributed by atoms with E-state index in [1.165, 1.54) is 0 Å². The average Bonchev–Trinajstić information content (AvgIpc) is 2.39. The number of aliphatic hydroxyl groups is 1. The molecule has 0 saturated carbocycles. The molecular weight excluding hydrogens is 272 g/mol. The van der Waals surface area contributed by atoms with Gasteiger partial charge in [-0.1, -0.05) is 18.2 Å². The number of aliphatic hydroxyl groups excluding tert-OH is 1. The van der Waals surface area contributed by atoms with Gasteiger partial charge in [0.15, 0.2) is 0 Å². The van der Waals surface area contributed by atoms with Crippen LogP contribution in [-0.4, -0.2) is 36.4 Å². The van der Waals surface area contributed by atoms with E-state index in [2.05, 4.69) is 10.1 Å². The first-order chi connectivity index (χ1) is 9.24. The van der Waals surface area contributed by atoms with Gasteiger partial charge in [-0.05, 0) is 18.2 Å². The number of nitrogens with one attached hydrogen (secondary N) is 1. The van der Waals surface area contributed by atoms with E-state index in [-0.39, 0.29) is 12.4 Å². The van der Waals surface area contributed by atoms with Crippen molar-refractivity contribution in [3.63, 3.8) is 0 Å². The number of para-hydroxylation sites is 1. The number of ether oxygens (including phenoxy) is 1. The summed E-state index contributed by atoms with van der Waals surface area (Å²) in [5.41, 5.74) is 0.725. The van der Waals surface area contributed by atoms with E-state index >= 15 is 0 Å². The first-order valence-corrected chi connectivity index (χ1v) is 7.31. The van der Waals surface area contributed by atoms with E-state index in [1.54, 1.807) is 36.0 Å². The van der Waals surface area contributed by atoms with E-state index in [4.69, 9.17) is 5.11 Å². The fourth-order valence-corrected chi connectivity index (χ4v) is 2.32. The Labute approximate surface area is 116 Å². The molecule has 0 amide bonds. The molecule has 6 heteroatoms. The topological polar surface area (TPSA) is 41.5 Å². The molecule has 0 aromatic heterocycles. The highest BCUT2D eigenvalue weighted by atomic mass is 32.2. The first-order valence-electron chi connectivity index (χ1n) is 6.16. The van der Waals surface area contributed by atoms with Crippen LogP contribution in [-0.2, 0) is 6.54 Å². The summed E-state index contributed by atoms with van der Waals surface area (Å²) in [7, 11) is 0. The standard InChI is InChI=1S/C13H19F2NO2S/c14-13(15)18-12-5-2-1-4-11(12)10-16-6-9-19-8-3-7-17/h1-2,4-5,13,16-17H,3,6-10H2. The quantitative estimate of drug-likeness (QED) is 0.650. The number of alkyl halides is 2. The van der Waals surface area contributed by atoms with Gasteiger partial charge in [-0.15, -0.1) is 0 Å². The van der Waals surface area contributed by atoms with Gasteiger partial charge in [0.1, 0.15) is 5.75 Å². The Bertz CT molecular complexity index is 353. The lowest BCUT2D eigenvalue weighted by Crippen LogP contribution is -2.17. The van der Waals surface area contributed by atoms with Crippen molar-refractivity contribution >= 4 is 11.8 Å². The van der Waals surface area contributed by atoms with Crippen LogP contribution in [0.5, 0.6) is 5.75 Å². The zero-order valence-corrected chi connectivity index (χ0v) is 11.5. The molecule has 3 nitrogen and oxygen atoms in total. The van der Waals surface area contributed by atoms with Gasteiger partial charge in [0.25, 0.3) is 0 Å². The van der Waals surface area contributed by atoms with Crippen LogP contribution in [0.2, 0.25) is 0 Å². The molecule has 19 heavy (non-hydrogen) atoms. The number of thioether (sulfide) groups is 1. The normalized spacial score (nSPS) is 10.9. The summed E-state index contributed by atoms with van der Waals surface area (Å²) in [5.74, 6) is 2.08. The largest absolute Gasteiger partial charge is 0.434 e. The summed E-state index contributed by atoms with van der Waals surface area (Å²) in [4.78, 5) is 0. The molecule has 0 fully saturated rings. The number of hydrogen-bond donors (Lipinski definition) is 2. The van der Waals surface area contributed by atoms with Gasteiger partial charge in [-0.3, -0.25) is 0 Å². The third-order valence-electron chi connectivity index (χ3n) is 2.37. The van der Waals surface area contributed by atoms with Gasteiger partial charge in [-0.25, -0.2) is 0 Å². The molecule has 0 aliphatic heterocycles. The second kappa shape index (κ2) is 10.00. The molecule has 0 saturated heterocycles. The fourth-order valence-electron chi connectivity index (χ4n) is 1.50. The maximum atomic E-state index is 12.2. The van der Waals surface area contributed by atoms with Crippen LogP contribution in [0.4, 0.5) is 8.78 Å². The van der Waals surface area contributed by atoms with Crippen molar-refractivity contribution in [1.29, 1.82) is 0 Å². The number of halogens is 2. The summed E-state index contributed by atoms with van der Waals surface area (Å²) in [6.45, 7) is -1.28. The fraction of sp³-hybridized carbons (Fsp3) is 0.538. The minimum absolute atomic E-state index is 0.220. The van der Waals surface area contributed by atoms with Crippen molar-refractivity contribution in [1.82, 2.24) is 5.32 Å². The lowest BCUT2D eigenvalue weighted by atomic mass is 10.2. The molecule has 0 spiro atoms. The van der Waals surface area contributed by atoms with Gasteiger partial charge in [0.05, 0.1) is 0 Å². The predicted octanol–water partition coefficient (Wildman–Crippen LogP) is 2.49. The van der Waals surface area contributed by atoms with Crippen LogP contribution in [0.3, 0.4) is 0 Å². The van der Waals surface area contributed by atoms with Crippen molar-refractivity contribution in [3.8, 4) is 5.75 Å². The second-order valence-corrected chi connectivity index (χ2v) is 5.08. The Hall–Kier alpha value is -0.850. The highest BCUT2D eigenvalue weighted by Crippen LogP contribution is 2.19. The minimum Gasteiger partial charge on any atom is -0.434 e. The summed E-state index contributed by atoms with van der Waals surface area (Å²) < 4.78 is 28.8. The van der Waals surface area contributed by atoms with Gasteiger partial charge in [0.2, 0.25) is 0 Å². The molecule has 1 rings (SSSR count). The Kier molecular flexibility index (Phi) is 8.53. The zero-order valence-electron chi connectivity index (χ0n) is 10.6. The molecular formula is C13H19F2NO2S. The van der Waals surface area contributed by atoms with Gasteiger partial charge < -0.3 is 15.2 Å².